The molecule has 1 aromatic heterocycles. The fourth-order valence-electron chi connectivity index (χ4n) is 1.90. The zero-order valence-corrected chi connectivity index (χ0v) is 9.65. The molecule has 0 spiro atoms. The zero-order valence-electron chi connectivity index (χ0n) is 8.83. The number of hydrogen-bond donors (Lipinski definition) is 0. The minimum atomic E-state index is -2.82. The smallest absolute Gasteiger partial charge is 0.150 e. The average molecular weight is 239 g/mol. The molecule has 1 fully saturated rings. The molecule has 0 aromatic carbocycles. The van der Waals surface area contributed by atoms with Crippen molar-refractivity contribution in [2.24, 2.45) is 0 Å². The van der Waals surface area contributed by atoms with Gasteiger partial charge in [0.1, 0.15) is 9.84 Å². The Morgan fingerprint density at radius 3 is 2.81 bits per heavy atom. The van der Waals surface area contributed by atoms with Gasteiger partial charge in [-0.25, -0.2) is 8.42 Å². The molecule has 1 aliphatic heterocycles. The minimum Gasteiger partial charge on any atom is -0.269 e. The highest BCUT2D eigenvalue weighted by Crippen LogP contribution is 2.23. The van der Waals surface area contributed by atoms with Gasteiger partial charge in [-0.3, -0.25) is 4.68 Å². The predicted molar refractivity (Wildman–Crippen MR) is 58.5 cm³/mol. The highest BCUT2D eigenvalue weighted by molar-refractivity contribution is 7.91. The normalized spacial score (nSPS) is 20.4. The zero-order chi connectivity index (χ0) is 11.6. The molecule has 16 heavy (non-hydrogen) atoms. The molecule has 0 atom stereocenters. The summed E-state index contributed by atoms with van der Waals surface area (Å²) >= 11 is 0. The summed E-state index contributed by atoms with van der Waals surface area (Å²) < 4.78 is 24.3. The fourth-order valence-corrected chi connectivity index (χ4v) is 3.37. The van der Waals surface area contributed by atoms with Crippen LogP contribution < -0.4 is 0 Å². The maximum Gasteiger partial charge on any atom is 0.150 e. The summed E-state index contributed by atoms with van der Waals surface area (Å²) in [5, 5.41) is 12.7. The van der Waals surface area contributed by atoms with Crippen LogP contribution in [0.1, 0.15) is 24.4 Å². The largest absolute Gasteiger partial charge is 0.269 e. The maximum atomic E-state index is 11.3. The lowest BCUT2D eigenvalue weighted by Gasteiger charge is -2.22. The van der Waals surface area contributed by atoms with E-state index < -0.39 is 9.84 Å². The van der Waals surface area contributed by atoms with Gasteiger partial charge in [-0.1, -0.05) is 0 Å². The summed E-state index contributed by atoms with van der Waals surface area (Å²) in [4.78, 5) is 0. The molecule has 0 amide bonds. The molecule has 5 nitrogen and oxygen atoms in total. The van der Waals surface area contributed by atoms with Crippen LogP contribution in [0.2, 0.25) is 0 Å². The number of hydrogen-bond acceptors (Lipinski definition) is 4. The number of nitriles is 1. The molecule has 86 valence electrons. The van der Waals surface area contributed by atoms with Crippen molar-refractivity contribution >= 4 is 9.84 Å². The van der Waals surface area contributed by atoms with E-state index in [0.717, 1.165) is 5.56 Å². The van der Waals surface area contributed by atoms with Crippen LogP contribution in [0.5, 0.6) is 0 Å². The number of rotatable bonds is 2. The third-order valence-corrected chi connectivity index (χ3v) is 4.55. The fraction of sp³-hybridized carbons (Fsp3) is 0.600. The van der Waals surface area contributed by atoms with E-state index >= 15 is 0 Å². The first-order chi connectivity index (χ1) is 7.61. The molecule has 6 heteroatoms. The molecule has 0 bridgehead atoms. The van der Waals surface area contributed by atoms with Gasteiger partial charge in [0.2, 0.25) is 0 Å². The van der Waals surface area contributed by atoms with Crippen LogP contribution in [0, 0.1) is 11.3 Å². The SMILES string of the molecule is N#CCc1cnn(C2CCS(=O)(=O)CC2)c1. The van der Waals surface area contributed by atoms with Crippen molar-refractivity contribution in [3.63, 3.8) is 0 Å². The summed E-state index contributed by atoms with van der Waals surface area (Å²) in [7, 11) is -2.82. The molecule has 0 aliphatic carbocycles. The van der Waals surface area contributed by atoms with E-state index in [0.29, 0.717) is 19.3 Å². The first kappa shape index (κ1) is 11.1. The lowest BCUT2D eigenvalue weighted by molar-refractivity contribution is 0.413. The van der Waals surface area contributed by atoms with Gasteiger partial charge >= 0.3 is 0 Å². The maximum absolute atomic E-state index is 11.3. The number of aromatic nitrogens is 2. The summed E-state index contributed by atoms with van der Waals surface area (Å²) in [6.07, 6.45) is 5.11. The van der Waals surface area contributed by atoms with E-state index in [4.69, 9.17) is 5.26 Å². The molecule has 0 unspecified atom stereocenters. The van der Waals surface area contributed by atoms with E-state index in [2.05, 4.69) is 11.2 Å². The van der Waals surface area contributed by atoms with Crippen LogP contribution in [0.4, 0.5) is 0 Å². The van der Waals surface area contributed by atoms with Crippen molar-refractivity contribution in [3.8, 4) is 6.07 Å². The standard InChI is InChI=1S/C10H13N3O2S/c11-4-1-9-7-12-13(8-9)10-2-5-16(14,15)6-3-10/h7-8,10H,1-3,5-6H2. The highest BCUT2D eigenvalue weighted by atomic mass is 32.2. The number of nitrogens with zero attached hydrogens (tertiary/aromatic N) is 3. The Labute approximate surface area is 94.6 Å². The van der Waals surface area contributed by atoms with Gasteiger partial charge < -0.3 is 0 Å². The first-order valence-electron chi connectivity index (χ1n) is 5.21. The Hall–Kier alpha value is -1.35. The van der Waals surface area contributed by atoms with Crippen LogP contribution in [0.15, 0.2) is 12.4 Å². The third-order valence-electron chi connectivity index (χ3n) is 2.84. The molecule has 1 saturated heterocycles. The van der Waals surface area contributed by atoms with E-state index in [1.165, 1.54) is 0 Å². The number of sulfone groups is 1. The summed E-state index contributed by atoms with van der Waals surface area (Å²) in [6.45, 7) is 0. The Kier molecular flexibility index (Phi) is 2.97. The molecule has 0 radical (unpaired) electrons. The van der Waals surface area contributed by atoms with Crippen molar-refractivity contribution in [3.05, 3.63) is 18.0 Å². The second-order valence-electron chi connectivity index (χ2n) is 4.05. The van der Waals surface area contributed by atoms with E-state index in [1.807, 2.05) is 6.20 Å². The van der Waals surface area contributed by atoms with E-state index in [-0.39, 0.29) is 17.5 Å². The Morgan fingerprint density at radius 1 is 1.50 bits per heavy atom. The van der Waals surface area contributed by atoms with Gasteiger partial charge in [0.25, 0.3) is 0 Å². The lowest BCUT2D eigenvalue weighted by atomic mass is 10.1. The summed E-state index contributed by atoms with van der Waals surface area (Å²) in [5.74, 6) is 0.482. The second-order valence-corrected chi connectivity index (χ2v) is 6.35. The monoisotopic (exact) mass is 239 g/mol. The second kappa shape index (κ2) is 4.26. The first-order valence-corrected chi connectivity index (χ1v) is 7.03. The molecule has 1 aromatic rings. The van der Waals surface area contributed by atoms with Crippen LogP contribution in [-0.4, -0.2) is 29.7 Å². The third kappa shape index (κ3) is 2.42. The van der Waals surface area contributed by atoms with E-state index in [1.54, 1.807) is 10.9 Å². The van der Waals surface area contributed by atoms with Gasteiger partial charge in [0.15, 0.2) is 0 Å². The summed E-state index contributed by atoms with van der Waals surface area (Å²) in [6, 6.07) is 2.23. The van der Waals surface area contributed by atoms with Gasteiger partial charge in [-0.2, -0.15) is 10.4 Å². The summed E-state index contributed by atoms with van der Waals surface area (Å²) in [5.41, 5.74) is 0.885. The van der Waals surface area contributed by atoms with Gasteiger partial charge in [0, 0.05) is 11.8 Å². The quantitative estimate of drug-likeness (QED) is 0.761. The van der Waals surface area contributed by atoms with Crippen molar-refractivity contribution in [1.82, 2.24) is 9.78 Å². The average Bonchev–Trinajstić information content (AvgIpc) is 2.67. The molecule has 2 heterocycles. The van der Waals surface area contributed by atoms with Crippen molar-refractivity contribution in [1.29, 1.82) is 5.26 Å². The Morgan fingerprint density at radius 2 is 2.19 bits per heavy atom. The van der Waals surface area contributed by atoms with Crippen LogP contribution in [0.25, 0.3) is 0 Å². The highest BCUT2D eigenvalue weighted by Gasteiger charge is 2.25. The molecule has 0 saturated carbocycles. The van der Waals surface area contributed by atoms with Gasteiger partial charge in [-0.05, 0) is 12.8 Å². The lowest BCUT2D eigenvalue weighted by Crippen LogP contribution is -2.25. The van der Waals surface area contributed by atoms with Gasteiger partial charge in [0.05, 0.1) is 36.2 Å². The molecular formula is C10H13N3O2S. The van der Waals surface area contributed by atoms with Crippen LogP contribution in [0.3, 0.4) is 0 Å². The Bertz CT molecular complexity index is 498. The van der Waals surface area contributed by atoms with Crippen molar-refractivity contribution in [2.75, 3.05) is 11.5 Å². The molecule has 1 aliphatic rings. The van der Waals surface area contributed by atoms with Crippen molar-refractivity contribution in [2.45, 2.75) is 25.3 Å². The van der Waals surface area contributed by atoms with Crippen LogP contribution in [-0.2, 0) is 16.3 Å². The minimum absolute atomic E-state index is 0.163. The molecule has 2 rings (SSSR count). The van der Waals surface area contributed by atoms with Crippen molar-refractivity contribution < 1.29 is 8.42 Å². The molecule has 0 N–H and O–H groups in total. The molecular weight excluding hydrogens is 226 g/mol. The van der Waals surface area contributed by atoms with Gasteiger partial charge in [-0.15, -0.1) is 0 Å². The topological polar surface area (TPSA) is 75.8 Å². The van der Waals surface area contributed by atoms with E-state index in [9.17, 15) is 8.42 Å². The van der Waals surface area contributed by atoms with Crippen LogP contribution >= 0.6 is 0 Å². The predicted octanol–water partition coefficient (Wildman–Crippen LogP) is 0.699. The Balaban J connectivity index is 2.06.